The van der Waals surface area contributed by atoms with Crippen LogP contribution >= 0.6 is 22.6 Å². The number of carbonyl (C=O) groups excluding carboxylic acids is 1. The summed E-state index contributed by atoms with van der Waals surface area (Å²) in [7, 11) is 1.55. The number of carbonyl (C=O) groups is 1. The lowest BCUT2D eigenvalue weighted by atomic mass is 10.1. The summed E-state index contributed by atoms with van der Waals surface area (Å²) in [5, 5.41) is 4.21. The fourth-order valence-corrected chi connectivity index (χ4v) is 2.06. The van der Waals surface area contributed by atoms with Crippen LogP contribution in [0.4, 0.5) is 0 Å². The minimum absolute atomic E-state index is 0.0389. The van der Waals surface area contributed by atoms with Crippen molar-refractivity contribution >= 4 is 28.4 Å². The number of ketones is 1. The summed E-state index contributed by atoms with van der Waals surface area (Å²) in [4.78, 5) is 11.7. The van der Waals surface area contributed by atoms with E-state index < -0.39 is 0 Å². The molecule has 5 heteroatoms. The van der Waals surface area contributed by atoms with Gasteiger partial charge in [-0.05, 0) is 41.6 Å². The van der Waals surface area contributed by atoms with E-state index in [2.05, 4.69) is 27.7 Å². The van der Waals surface area contributed by atoms with Crippen LogP contribution in [-0.4, -0.2) is 22.7 Å². The summed E-state index contributed by atoms with van der Waals surface area (Å²) >= 11 is 2.17. The number of hydrogen-bond acceptors (Lipinski definition) is 3. The van der Waals surface area contributed by atoms with Crippen molar-refractivity contribution < 1.29 is 9.53 Å². The molecule has 0 bridgehead atoms. The molecular weight excluding hydrogens is 331 g/mol. The van der Waals surface area contributed by atoms with Gasteiger partial charge in [-0.15, -0.1) is 0 Å². The van der Waals surface area contributed by atoms with Gasteiger partial charge < -0.3 is 4.74 Å². The van der Waals surface area contributed by atoms with Gasteiger partial charge in [-0.2, -0.15) is 5.10 Å². The molecule has 0 spiro atoms. The maximum atomic E-state index is 11.7. The van der Waals surface area contributed by atoms with E-state index >= 15 is 0 Å². The first-order chi connectivity index (χ1) is 8.13. The first kappa shape index (κ1) is 12.1. The number of hydrogen-bond donors (Lipinski definition) is 0. The van der Waals surface area contributed by atoms with Gasteiger partial charge >= 0.3 is 0 Å². The van der Waals surface area contributed by atoms with Crippen molar-refractivity contribution in [2.45, 2.75) is 6.92 Å². The van der Waals surface area contributed by atoms with Gasteiger partial charge in [0.25, 0.3) is 0 Å². The smallest absolute Gasteiger partial charge is 0.165 e. The minimum atomic E-state index is -0.0389. The van der Waals surface area contributed by atoms with Gasteiger partial charge in [-0.3, -0.25) is 4.79 Å². The van der Waals surface area contributed by atoms with Crippen molar-refractivity contribution in [2.24, 2.45) is 0 Å². The summed E-state index contributed by atoms with van der Waals surface area (Å²) in [6.45, 7) is 1.52. The molecule has 0 unspecified atom stereocenters. The van der Waals surface area contributed by atoms with E-state index in [1.165, 1.54) is 6.92 Å². The lowest BCUT2D eigenvalue weighted by Crippen LogP contribution is -2.06. The first-order valence-corrected chi connectivity index (χ1v) is 6.10. The van der Waals surface area contributed by atoms with Gasteiger partial charge in [0.15, 0.2) is 5.78 Å². The van der Waals surface area contributed by atoms with E-state index in [4.69, 9.17) is 4.74 Å². The van der Waals surface area contributed by atoms with Crippen LogP contribution in [0.3, 0.4) is 0 Å². The molecule has 2 aromatic rings. The van der Waals surface area contributed by atoms with Gasteiger partial charge in [0, 0.05) is 6.20 Å². The molecule has 0 fully saturated rings. The van der Waals surface area contributed by atoms with E-state index in [0.29, 0.717) is 11.3 Å². The number of rotatable bonds is 3. The number of nitrogens with zero attached hydrogens (tertiary/aromatic N) is 2. The Balaban J connectivity index is 2.65. The third-order valence-electron chi connectivity index (χ3n) is 2.37. The maximum Gasteiger partial charge on any atom is 0.165 e. The fraction of sp³-hybridized carbons (Fsp3) is 0.167. The quantitative estimate of drug-likeness (QED) is 0.636. The van der Waals surface area contributed by atoms with Gasteiger partial charge in [0.05, 0.1) is 28.1 Å². The molecule has 0 amide bonds. The summed E-state index contributed by atoms with van der Waals surface area (Å²) in [6.07, 6.45) is 3.60. The van der Waals surface area contributed by atoms with Crippen LogP contribution in [0.5, 0.6) is 5.75 Å². The molecule has 1 heterocycles. The molecule has 0 saturated heterocycles. The normalized spacial score (nSPS) is 10.3. The Hall–Kier alpha value is -1.37. The van der Waals surface area contributed by atoms with Crippen molar-refractivity contribution in [2.75, 3.05) is 7.11 Å². The summed E-state index contributed by atoms with van der Waals surface area (Å²) < 4.78 is 7.91. The molecule has 0 N–H and O–H groups in total. The Morgan fingerprint density at radius 3 is 2.76 bits per heavy atom. The van der Waals surface area contributed by atoms with Crippen molar-refractivity contribution in [3.8, 4) is 11.4 Å². The van der Waals surface area contributed by atoms with Crippen LogP contribution in [0.1, 0.15) is 17.3 Å². The molecule has 1 aromatic carbocycles. The second-order valence-electron chi connectivity index (χ2n) is 3.51. The zero-order chi connectivity index (χ0) is 12.4. The van der Waals surface area contributed by atoms with Crippen LogP contribution < -0.4 is 4.74 Å². The second-order valence-corrected chi connectivity index (χ2v) is 4.76. The monoisotopic (exact) mass is 342 g/mol. The van der Waals surface area contributed by atoms with Crippen LogP contribution in [0.15, 0.2) is 30.6 Å². The standard InChI is InChI=1S/C12H11IN2O2/c1-8(16)12-10(4-3-5-11(12)17-2)15-7-9(13)6-14-15/h3-7H,1-2H3. The Labute approximate surface area is 113 Å². The molecule has 0 radical (unpaired) electrons. The molecule has 0 saturated carbocycles. The van der Waals surface area contributed by atoms with Crippen molar-refractivity contribution in [3.05, 3.63) is 39.7 Å². The zero-order valence-corrected chi connectivity index (χ0v) is 11.6. The molecular formula is C12H11IN2O2. The van der Waals surface area contributed by atoms with Crippen LogP contribution in [0, 0.1) is 3.57 Å². The summed E-state index contributed by atoms with van der Waals surface area (Å²) in [5.74, 6) is 0.531. The average molecular weight is 342 g/mol. The number of methoxy groups -OCH3 is 1. The average Bonchev–Trinajstić information content (AvgIpc) is 2.74. The number of ether oxygens (including phenoxy) is 1. The lowest BCUT2D eigenvalue weighted by Gasteiger charge is -2.11. The fourth-order valence-electron chi connectivity index (χ4n) is 1.67. The topological polar surface area (TPSA) is 44.1 Å². The molecule has 0 aliphatic rings. The van der Waals surface area contributed by atoms with Gasteiger partial charge in [0.1, 0.15) is 5.75 Å². The third kappa shape index (κ3) is 2.33. The molecule has 88 valence electrons. The Kier molecular flexibility index (Phi) is 3.46. The SMILES string of the molecule is COc1cccc(-n2cc(I)cn2)c1C(C)=O. The molecule has 2 rings (SSSR count). The number of benzene rings is 1. The Morgan fingerprint density at radius 1 is 1.47 bits per heavy atom. The van der Waals surface area contributed by atoms with Crippen molar-refractivity contribution in [1.82, 2.24) is 9.78 Å². The molecule has 1 aromatic heterocycles. The minimum Gasteiger partial charge on any atom is -0.496 e. The number of halogens is 1. The number of aromatic nitrogens is 2. The lowest BCUT2D eigenvalue weighted by molar-refractivity contribution is 0.101. The van der Waals surface area contributed by atoms with Crippen LogP contribution in [-0.2, 0) is 0 Å². The largest absolute Gasteiger partial charge is 0.496 e. The molecule has 17 heavy (non-hydrogen) atoms. The van der Waals surface area contributed by atoms with E-state index in [-0.39, 0.29) is 5.78 Å². The third-order valence-corrected chi connectivity index (χ3v) is 2.93. The maximum absolute atomic E-state index is 11.7. The van der Waals surface area contributed by atoms with E-state index in [0.717, 1.165) is 9.26 Å². The van der Waals surface area contributed by atoms with Gasteiger partial charge in [0.2, 0.25) is 0 Å². The Morgan fingerprint density at radius 2 is 2.24 bits per heavy atom. The van der Waals surface area contributed by atoms with E-state index in [1.807, 2.05) is 18.3 Å². The second kappa shape index (κ2) is 4.87. The molecule has 4 nitrogen and oxygen atoms in total. The predicted octanol–water partition coefficient (Wildman–Crippen LogP) is 2.69. The van der Waals surface area contributed by atoms with Crippen LogP contribution in [0.25, 0.3) is 5.69 Å². The van der Waals surface area contributed by atoms with E-state index in [9.17, 15) is 4.79 Å². The van der Waals surface area contributed by atoms with Crippen molar-refractivity contribution in [3.63, 3.8) is 0 Å². The highest BCUT2D eigenvalue weighted by Crippen LogP contribution is 2.25. The van der Waals surface area contributed by atoms with Gasteiger partial charge in [-0.25, -0.2) is 4.68 Å². The van der Waals surface area contributed by atoms with E-state index in [1.54, 1.807) is 24.1 Å². The van der Waals surface area contributed by atoms with Gasteiger partial charge in [-0.1, -0.05) is 6.07 Å². The summed E-state index contributed by atoms with van der Waals surface area (Å²) in [6, 6.07) is 5.46. The zero-order valence-electron chi connectivity index (χ0n) is 9.48. The first-order valence-electron chi connectivity index (χ1n) is 5.02. The highest BCUT2D eigenvalue weighted by molar-refractivity contribution is 14.1. The summed E-state index contributed by atoms with van der Waals surface area (Å²) in [5.41, 5.74) is 1.29. The molecule has 0 atom stereocenters. The molecule has 0 aliphatic carbocycles. The highest BCUT2D eigenvalue weighted by atomic mass is 127. The Bertz CT molecular complexity index is 563. The predicted molar refractivity (Wildman–Crippen MR) is 72.8 cm³/mol. The molecule has 0 aliphatic heterocycles. The van der Waals surface area contributed by atoms with Crippen LogP contribution in [0.2, 0.25) is 0 Å². The highest BCUT2D eigenvalue weighted by Gasteiger charge is 2.15. The van der Waals surface area contributed by atoms with Crippen molar-refractivity contribution in [1.29, 1.82) is 0 Å². The number of Topliss-reactive ketones (excluding diaryl/α,β-unsaturated/α-hetero) is 1.